The van der Waals surface area contributed by atoms with Gasteiger partial charge in [-0.1, -0.05) is 26.8 Å². The highest BCUT2D eigenvalue weighted by molar-refractivity contribution is 5.77. The number of nitrogens with one attached hydrogen (secondary N) is 1. The molecule has 0 fully saturated rings. The fourth-order valence-corrected chi connectivity index (χ4v) is 2.41. The molecule has 0 radical (unpaired) electrons. The summed E-state index contributed by atoms with van der Waals surface area (Å²) in [6.45, 7) is 9.72. The van der Waals surface area contributed by atoms with Gasteiger partial charge in [0.1, 0.15) is 5.82 Å². The highest BCUT2D eigenvalue weighted by atomic mass is 15.2. The summed E-state index contributed by atoms with van der Waals surface area (Å²) in [6, 6.07) is 6.66. The summed E-state index contributed by atoms with van der Waals surface area (Å²) in [6.07, 6.45) is 0. The van der Waals surface area contributed by atoms with Crippen molar-refractivity contribution in [2.45, 2.75) is 39.3 Å². The molecule has 0 saturated heterocycles. The van der Waals surface area contributed by atoms with Crippen molar-refractivity contribution in [2.75, 3.05) is 6.54 Å². The van der Waals surface area contributed by atoms with Crippen molar-refractivity contribution in [3.63, 3.8) is 0 Å². The Morgan fingerprint density at radius 2 is 2.12 bits per heavy atom. The molecular formula is C14H19N3. The lowest BCUT2D eigenvalue weighted by Gasteiger charge is -2.20. The third-order valence-electron chi connectivity index (χ3n) is 3.49. The quantitative estimate of drug-likeness (QED) is 0.752. The highest BCUT2D eigenvalue weighted by Gasteiger charge is 2.18. The molecule has 1 N–H and O–H groups in total. The van der Waals surface area contributed by atoms with Gasteiger partial charge in [0.25, 0.3) is 0 Å². The van der Waals surface area contributed by atoms with Gasteiger partial charge >= 0.3 is 0 Å². The zero-order valence-electron chi connectivity index (χ0n) is 10.7. The van der Waals surface area contributed by atoms with E-state index in [1.165, 1.54) is 11.1 Å². The van der Waals surface area contributed by atoms with Gasteiger partial charge in [0.15, 0.2) is 0 Å². The lowest BCUT2D eigenvalue weighted by molar-refractivity contribution is 0.514. The maximum atomic E-state index is 4.68. The number of benzene rings is 1. The van der Waals surface area contributed by atoms with Gasteiger partial charge in [0.2, 0.25) is 0 Å². The summed E-state index contributed by atoms with van der Waals surface area (Å²) in [4.78, 5) is 4.68. The molecule has 3 heteroatoms. The lowest BCUT2D eigenvalue weighted by atomic mass is 9.87. The summed E-state index contributed by atoms with van der Waals surface area (Å²) in [5.74, 6) is 1.16. The predicted octanol–water partition coefficient (Wildman–Crippen LogP) is 2.44. The number of aromatic nitrogens is 2. The Kier molecular flexibility index (Phi) is 2.26. The molecule has 2 aromatic rings. The standard InChI is InChI=1S/C14H19N3/c1-14(2,3)10-4-5-11-12(8-10)17-7-6-15-9-13(17)16-11/h4-5,8,15H,6-7,9H2,1-3H3. The van der Waals surface area contributed by atoms with Crippen LogP contribution in [0.2, 0.25) is 0 Å². The lowest BCUT2D eigenvalue weighted by Crippen LogP contribution is -2.28. The minimum absolute atomic E-state index is 0.200. The first-order valence-electron chi connectivity index (χ1n) is 6.26. The summed E-state index contributed by atoms with van der Waals surface area (Å²) < 4.78 is 2.35. The average Bonchev–Trinajstić information content (AvgIpc) is 2.65. The Morgan fingerprint density at radius 3 is 2.88 bits per heavy atom. The van der Waals surface area contributed by atoms with E-state index in [9.17, 15) is 0 Å². The van der Waals surface area contributed by atoms with E-state index in [0.717, 1.165) is 31.0 Å². The number of hydrogen-bond acceptors (Lipinski definition) is 2. The van der Waals surface area contributed by atoms with Gasteiger partial charge in [-0.25, -0.2) is 4.98 Å². The molecule has 1 aliphatic heterocycles. The van der Waals surface area contributed by atoms with E-state index in [0.29, 0.717) is 0 Å². The van der Waals surface area contributed by atoms with Crippen LogP contribution >= 0.6 is 0 Å². The summed E-state index contributed by atoms with van der Waals surface area (Å²) >= 11 is 0. The normalized spacial score (nSPS) is 16.2. The molecule has 0 unspecified atom stereocenters. The predicted molar refractivity (Wildman–Crippen MR) is 70.1 cm³/mol. The van der Waals surface area contributed by atoms with Crippen molar-refractivity contribution < 1.29 is 0 Å². The van der Waals surface area contributed by atoms with Crippen LogP contribution in [0.3, 0.4) is 0 Å². The number of imidazole rings is 1. The molecule has 3 nitrogen and oxygen atoms in total. The zero-order valence-corrected chi connectivity index (χ0v) is 10.7. The Morgan fingerprint density at radius 1 is 1.29 bits per heavy atom. The van der Waals surface area contributed by atoms with Crippen LogP contribution in [0.15, 0.2) is 18.2 Å². The highest BCUT2D eigenvalue weighted by Crippen LogP contribution is 2.27. The van der Waals surface area contributed by atoms with Crippen molar-refractivity contribution in [2.24, 2.45) is 0 Å². The first-order valence-corrected chi connectivity index (χ1v) is 6.26. The van der Waals surface area contributed by atoms with E-state index in [2.05, 4.69) is 53.8 Å². The van der Waals surface area contributed by atoms with Crippen LogP contribution < -0.4 is 5.32 Å². The summed E-state index contributed by atoms with van der Waals surface area (Å²) in [5.41, 5.74) is 3.99. The van der Waals surface area contributed by atoms with Crippen molar-refractivity contribution in [1.82, 2.24) is 14.9 Å². The molecule has 0 atom stereocenters. The number of hydrogen-bond donors (Lipinski definition) is 1. The van der Waals surface area contributed by atoms with Gasteiger partial charge in [-0.05, 0) is 23.1 Å². The Balaban J connectivity index is 2.21. The molecule has 0 amide bonds. The van der Waals surface area contributed by atoms with E-state index >= 15 is 0 Å². The van der Waals surface area contributed by atoms with Crippen LogP contribution in [0.5, 0.6) is 0 Å². The van der Waals surface area contributed by atoms with Crippen molar-refractivity contribution in [3.05, 3.63) is 29.6 Å². The van der Waals surface area contributed by atoms with Crippen LogP contribution in [0.1, 0.15) is 32.2 Å². The SMILES string of the molecule is CC(C)(C)c1ccc2nc3n(c2c1)CCNC3. The molecular weight excluding hydrogens is 210 g/mol. The molecule has 2 heterocycles. The van der Waals surface area contributed by atoms with E-state index in [1.54, 1.807) is 0 Å². The molecule has 3 rings (SSSR count). The van der Waals surface area contributed by atoms with E-state index in [-0.39, 0.29) is 5.41 Å². The third kappa shape index (κ3) is 1.75. The molecule has 0 saturated carbocycles. The molecule has 17 heavy (non-hydrogen) atoms. The third-order valence-corrected chi connectivity index (χ3v) is 3.49. The van der Waals surface area contributed by atoms with Gasteiger partial charge in [0, 0.05) is 13.1 Å². The summed E-state index contributed by atoms with van der Waals surface area (Å²) in [5, 5.41) is 3.36. The van der Waals surface area contributed by atoms with Crippen molar-refractivity contribution in [1.29, 1.82) is 0 Å². The minimum Gasteiger partial charge on any atom is -0.326 e. The van der Waals surface area contributed by atoms with Crippen LogP contribution in [0, 0.1) is 0 Å². The van der Waals surface area contributed by atoms with Gasteiger partial charge in [-0.3, -0.25) is 0 Å². The number of nitrogens with zero attached hydrogens (tertiary/aromatic N) is 2. The van der Waals surface area contributed by atoms with E-state index < -0.39 is 0 Å². The zero-order chi connectivity index (χ0) is 12.0. The topological polar surface area (TPSA) is 29.9 Å². The summed E-state index contributed by atoms with van der Waals surface area (Å²) in [7, 11) is 0. The molecule has 1 aromatic heterocycles. The van der Waals surface area contributed by atoms with Crippen LogP contribution in [0.25, 0.3) is 11.0 Å². The first-order chi connectivity index (χ1) is 8.05. The Labute approximate surface area is 102 Å². The molecule has 0 aliphatic carbocycles. The second-order valence-corrected chi connectivity index (χ2v) is 5.81. The first kappa shape index (κ1) is 10.8. The largest absolute Gasteiger partial charge is 0.326 e. The van der Waals surface area contributed by atoms with E-state index in [4.69, 9.17) is 0 Å². The molecule has 1 aromatic carbocycles. The van der Waals surface area contributed by atoms with Crippen LogP contribution in [-0.4, -0.2) is 16.1 Å². The second kappa shape index (κ2) is 3.57. The van der Waals surface area contributed by atoms with Gasteiger partial charge in [-0.2, -0.15) is 0 Å². The van der Waals surface area contributed by atoms with Gasteiger partial charge in [-0.15, -0.1) is 0 Å². The number of fused-ring (bicyclic) bond motifs is 3. The van der Waals surface area contributed by atoms with Crippen molar-refractivity contribution in [3.8, 4) is 0 Å². The molecule has 1 aliphatic rings. The Bertz CT molecular complexity index is 561. The van der Waals surface area contributed by atoms with Gasteiger partial charge < -0.3 is 9.88 Å². The maximum Gasteiger partial charge on any atom is 0.123 e. The fourth-order valence-electron chi connectivity index (χ4n) is 2.41. The number of rotatable bonds is 0. The van der Waals surface area contributed by atoms with Crippen LogP contribution in [0.4, 0.5) is 0 Å². The van der Waals surface area contributed by atoms with Crippen LogP contribution in [-0.2, 0) is 18.5 Å². The second-order valence-electron chi connectivity index (χ2n) is 5.81. The molecule has 0 bridgehead atoms. The average molecular weight is 229 g/mol. The smallest absolute Gasteiger partial charge is 0.123 e. The van der Waals surface area contributed by atoms with Gasteiger partial charge in [0.05, 0.1) is 17.6 Å². The van der Waals surface area contributed by atoms with E-state index in [1.807, 2.05) is 0 Å². The Hall–Kier alpha value is -1.35. The minimum atomic E-state index is 0.200. The molecule has 90 valence electrons. The molecule has 0 spiro atoms. The fraction of sp³-hybridized carbons (Fsp3) is 0.500. The maximum absolute atomic E-state index is 4.68. The monoisotopic (exact) mass is 229 g/mol. The van der Waals surface area contributed by atoms with Crippen molar-refractivity contribution >= 4 is 11.0 Å².